The van der Waals surface area contributed by atoms with Crippen LogP contribution in [0, 0.1) is 0 Å². The van der Waals surface area contributed by atoms with Crippen molar-refractivity contribution in [2.75, 3.05) is 0 Å². The molecule has 0 amide bonds. The Bertz CT molecular complexity index is 465. The van der Waals surface area contributed by atoms with Gasteiger partial charge in [-0.05, 0) is 83.1 Å². The van der Waals surface area contributed by atoms with Crippen LogP contribution in [0.4, 0.5) is 0 Å². The lowest BCUT2D eigenvalue weighted by Gasteiger charge is -2.06. The average molecular weight is 500 g/mol. The van der Waals surface area contributed by atoms with Crippen LogP contribution in [0.3, 0.4) is 0 Å². The Morgan fingerprint density at radius 1 is 0.484 bits per heavy atom. The molecular formula is C18H49N3O8S2. The Hall–Kier alpha value is -0.380. The number of rotatable bonds is 6. The minimum Gasteiger partial charge on any atom is -0.759 e. The Morgan fingerprint density at radius 2 is 0.548 bits per heavy atom. The van der Waals surface area contributed by atoms with Gasteiger partial charge in [-0.25, -0.2) is 8.42 Å². The van der Waals surface area contributed by atoms with Gasteiger partial charge < -0.3 is 29.6 Å². The highest BCUT2D eigenvalue weighted by atomic mass is 32.3. The van der Waals surface area contributed by atoms with Crippen LogP contribution in [-0.4, -0.2) is 71.3 Å². The second-order valence-corrected chi connectivity index (χ2v) is 10.5. The standard InChI is InChI=1S/3C6H15N.2H2O4S/c3*1-5(2)7-6(3)4;2*1-5(2,3)4/h3*5-7H,1-4H3;2*(H2,1,2,3,4). The molecule has 11 nitrogen and oxygen atoms in total. The number of hydrogen-bond acceptors (Lipinski definition) is 7. The summed E-state index contributed by atoms with van der Waals surface area (Å²) in [4.78, 5) is 0. The Kier molecular flexibility index (Phi) is 30.1. The third-order valence-electron chi connectivity index (χ3n) is 2.31. The van der Waals surface area contributed by atoms with Crippen molar-refractivity contribution in [3.05, 3.63) is 0 Å². The maximum Gasteiger partial charge on any atom is 0.215 e. The van der Waals surface area contributed by atoms with Crippen LogP contribution in [0.2, 0.25) is 0 Å². The van der Waals surface area contributed by atoms with E-state index in [2.05, 4.69) is 99.0 Å². The molecule has 0 fully saturated rings. The molecule has 0 heterocycles. The van der Waals surface area contributed by atoms with Gasteiger partial charge in [0.2, 0.25) is 10.4 Å². The summed E-state index contributed by atoms with van der Waals surface area (Å²) in [6.07, 6.45) is 0. The van der Waals surface area contributed by atoms with Crippen molar-refractivity contribution in [3.63, 3.8) is 0 Å². The molecule has 0 saturated heterocycles. The lowest BCUT2D eigenvalue weighted by molar-refractivity contribution is -0.709. The molecule has 0 rings (SSSR count). The third kappa shape index (κ3) is 167. The monoisotopic (exact) mass is 499 g/mol. The highest BCUT2D eigenvalue weighted by molar-refractivity contribution is 7.80. The van der Waals surface area contributed by atoms with Crippen LogP contribution in [0.15, 0.2) is 0 Å². The molecule has 31 heavy (non-hydrogen) atoms. The molecule has 0 saturated carbocycles. The van der Waals surface area contributed by atoms with E-state index in [1.54, 1.807) is 0 Å². The van der Waals surface area contributed by atoms with Crippen LogP contribution in [0.25, 0.3) is 0 Å². The fraction of sp³-hybridized carbons (Fsp3) is 1.00. The minimum absolute atomic E-state index is 0.750. The quantitative estimate of drug-likeness (QED) is 0.256. The van der Waals surface area contributed by atoms with Crippen molar-refractivity contribution in [2.45, 2.75) is 119 Å². The van der Waals surface area contributed by atoms with Gasteiger partial charge in [-0.15, -0.1) is 0 Å². The SMILES string of the molecule is CC(C)[NH2+]C(C)C.CC(C)[NH2+]C(C)C.CC(C)[NH2+]C(C)C.O=S(=O)([O-])O.O=S(=O)([O-])[O-]. The van der Waals surface area contributed by atoms with Gasteiger partial charge in [-0.1, -0.05) is 0 Å². The highest BCUT2D eigenvalue weighted by Crippen LogP contribution is 1.68. The molecule has 0 spiro atoms. The summed E-state index contributed by atoms with van der Waals surface area (Å²) in [5.74, 6) is 0. The summed E-state index contributed by atoms with van der Waals surface area (Å²) < 4.78 is 66.9. The molecular weight excluding hydrogens is 450 g/mol. The summed E-state index contributed by atoms with van der Waals surface area (Å²) in [6, 6.07) is 4.50. The topological polar surface area (TPSA) is 208 Å². The molecule has 196 valence electrons. The van der Waals surface area contributed by atoms with E-state index in [0.717, 1.165) is 36.3 Å². The van der Waals surface area contributed by atoms with Gasteiger partial charge in [0.15, 0.2) is 0 Å². The van der Waals surface area contributed by atoms with Gasteiger partial charge in [-0.3, -0.25) is 13.0 Å². The van der Waals surface area contributed by atoms with E-state index < -0.39 is 20.8 Å². The van der Waals surface area contributed by atoms with Gasteiger partial charge >= 0.3 is 0 Å². The molecule has 0 bridgehead atoms. The van der Waals surface area contributed by atoms with Crippen molar-refractivity contribution in [3.8, 4) is 0 Å². The van der Waals surface area contributed by atoms with E-state index >= 15 is 0 Å². The molecule has 0 aromatic heterocycles. The zero-order valence-electron chi connectivity index (χ0n) is 21.3. The molecule has 13 heteroatoms. The number of hydrogen-bond donors (Lipinski definition) is 4. The predicted octanol–water partition coefficient (Wildman–Crippen LogP) is -1.23. The highest BCUT2D eigenvalue weighted by Gasteiger charge is 1.98. The second kappa shape index (κ2) is 22.8. The summed E-state index contributed by atoms with van der Waals surface area (Å²) in [5.41, 5.74) is 0. The van der Waals surface area contributed by atoms with Crippen LogP contribution in [-0.2, 0) is 20.8 Å². The molecule has 0 radical (unpaired) electrons. The molecule has 0 atom stereocenters. The molecule has 0 aromatic rings. The molecule has 7 N–H and O–H groups in total. The average Bonchev–Trinajstić information content (AvgIpc) is 2.29. The van der Waals surface area contributed by atoms with Crippen LogP contribution >= 0.6 is 0 Å². The van der Waals surface area contributed by atoms with E-state index in [-0.39, 0.29) is 0 Å². The van der Waals surface area contributed by atoms with Crippen molar-refractivity contribution in [1.82, 2.24) is 0 Å². The smallest absolute Gasteiger partial charge is 0.215 e. The minimum atomic E-state index is -5.17. The number of quaternary nitrogens is 3. The van der Waals surface area contributed by atoms with E-state index in [9.17, 15) is 0 Å². The van der Waals surface area contributed by atoms with E-state index in [1.807, 2.05) is 0 Å². The van der Waals surface area contributed by atoms with Gasteiger partial charge in [0.25, 0.3) is 0 Å². The zero-order valence-corrected chi connectivity index (χ0v) is 23.0. The fourth-order valence-corrected chi connectivity index (χ4v) is 2.31. The zero-order chi connectivity index (χ0) is 26.6. The van der Waals surface area contributed by atoms with Crippen LogP contribution < -0.4 is 16.0 Å². The Labute approximate surface area is 191 Å². The first-order valence-corrected chi connectivity index (χ1v) is 13.0. The third-order valence-corrected chi connectivity index (χ3v) is 2.31. The van der Waals surface area contributed by atoms with Gasteiger partial charge in [0.05, 0.1) is 36.3 Å². The van der Waals surface area contributed by atoms with Crippen molar-refractivity contribution in [1.29, 1.82) is 0 Å². The van der Waals surface area contributed by atoms with E-state index in [4.69, 9.17) is 35.0 Å². The van der Waals surface area contributed by atoms with Gasteiger partial charge in [0.1, 0.15) is 0 Å². The Morgan fingerprint density at radius 3 is 0.548 bits per heavy atom. The maximum atomic E-state index is 8.63. The first-order chi connectivity index (χ1) is 13.4. The fourth-order valence-electron chi connectivity index (χ4n) is 2.31. The summed E-state index contributed by atoms with van der Waals surface area (Å²) >= 11 is 0. The van der Waals surface area contributed by atoms with Crippen molar-refractivity contribution in [2.24, 2.45) is 0 Å². The first kappa shape index (κ1) is 40.9. The Balaban J connectivity index is -0.0000000917. The van der Waals surface area contributed by atoms with E-state index in [1.165, 1.54) is 0 Å². The maximum absolute atomic E-state index is 8.63. The molecule has 0 aliphatic rings. The van der Waals surface area contributed by atoms with Crippen molar-refractivity contribution >= 4 is 20.8 Å². The molecule has 0 unspecified atom stereocenters. The summed E-state index contributed by atoms with van der Waals surface area (Å²) in [6.45, 7) is 26.5. The summed E-state index contributed by atoms with van der Waals surface area (Å²) in [5, 5.41) is 7.00. The second-order valence-electron chi connectivity index (χ2n) is 8.88. The van der Waals surface area contributed by atoms with Gasteiger partial charge in [0, 0.05) is 10.4 Å². The van der Waals surface area contributed by atoms with Crippen LogP contribution in [0.1, 0.15) is 83.1 Å². The van der Waals surface area contributed by atoms with E-state index in [0.29, 0.717) is 0 Å². The van der Waals surface area contributed by atoms with Gasteiger partial charge in [-0.2, -0.15) is 0 Å². The largest absolute Gasteiger partial charge is 0.759 e. The molecule has 0 aromatic carbocycles. The number of nitrogens with two attached hydrogens (primary N) is 3. The lowest BCUT2D eigenvalue weighted by Crippen LogP contribution is -2.92. The molecule has 0 aliphatic heterocycles. The normalized spacial score (nSPS) is 11.3. The van der Waals surface area contributed by atoms with Crippen molar-refractivity contribution < 1.29 is 51.0 Å². The van der Waals surface area contributed by atoms with Crippen LogP contribution in [0.5, 0.6) is 0 Å². The molecule has 0 aliphatic carbocycles. The first-order valence-electron chi connectivity index (χ1n) is 10.3. The predicted molar refractivity (Wildman–Crippen MR) is 119 cm³/mol. The lowest BCUT2D eigenvalue weighted by atomic mass is 10.3. The summed E-state index contributed by atoms with van der Waals surface area (Å²) in [7, 11) is -10.1.